The van der Waals surface area contributed by atoms with Crippen LogP contribution in [0.15, 0.2) is 65.0 Å². The number of amides is 1. The van der Waals surface area contributed by atoms with Crippen LogP contribution in [0, 0.1) is 0 Å². The van der Waals surface area contributed by atoms with Crippen molar-refractivity contribution in [3.8, 4) is 5.75 Å². The van der Waals surface area contributed by atoms with Gasteiger partial charge in [0.25, 0.3) is 5.91 Å². The van der Waals surface area contributed by atoms with Gasteiger partial charge in [-0.1, -0.05) is 42.5 Å². The van der Waals surface area contributed by atoms with Crippen molar-refractivity contribution in [3.63, 3.8) is 0 Å². The highest BCUT2D eigenvalue weighted by molar-refractivity contribution is 8.18. The number of carbonyl (C=O) groups excluding carboxylic acids is 1. The highest BCUT2D eigenvalue weighted by atomic mass is 35.5. The first-order valence-corrected chi connectivity index (χ1v) is 9.46. The molecule has 1 amide bonds. The van der Waals surface area contributed by atoms with Crippen LogP contribution in [0.25, 0.3) is 6.08 Å². The van der Waals surface area contributed by atoms with E-state index in [0.29, 0.717) is 22.8 Å². The molecule has 0 unspecified atom stereocenters. The quantitative estimate of drug-likeness (QED) is 0.473. The molecule has 150 valence electrons. The molecule has 0 aliphatic carbocycles. The molecule has 1 heterocycles. The van der Waals surface area contributed by atoms with E-state index in [0.717, 1.165) is 23.9 Å². The second-order valence-corrected chi connectivity index (χ2v) is 7.22. The molecule has 2 aromatic rings. The van der Waals surface area contributed by atoms with E-state index < -0.39 is 22.7 Å². The van der Waals surface area contributed by atoms with Gasteiger partial charge in [0.2, 0.25) is 0 Å². The summed E-state index contributed by atoms with van der Waals surface area (Å²) in [5.74, 6) is 0.170. The van der Waals surface area contributed by atoms with Crippen LogP contribution in [0.5, 0.6) is 5.75 Å². The van der Waals surface area contributed by atoms with Gasteiger partial charge in [0.1, 0.15) is 12.4 Å². The van der Waals surface area contributed by atoms with Crippen LogP contribution in [0.1, 0.15) is 11.1 Å². The standard InChI is InChI=1S/C20H14ClF3N2O2S/c1-2-9-28-16-6-4-3-5-12(16)10-17-18(27)26-19(29-17)25-13-7-8-15(21)14(11-13)20(22,23)24/h2-8,10-11H,1,9H2,(H,25,26,27). The number of nitrogens with one attached hydrogen (secondary N) is 1. The number of hydrogen-bond donors (Lipinski definition) is 1. The van der Waals surface area contributed by atoms with Crippen molar-refractivity contribution in [1.82, 2.24) is 5.32 Å². The highest BCUT2D eigenvalue weighted by Crippen LogP contribution is 2.37. The smallest absolute Gasteiger partial charge is 0.417 e. The maximum Gasteiger partial charge on any atom is 0.417 e. The van der Waals surface area contributed by atoms with Crippen molar-refractivity contribution in [3.05, 3.63) is 76.2 Å². The molecule has 0 aromatic heterocycles. The summed E-state index contributed by atoms with van der Waals surface area (Å²) in [6.07, 6.45) is -1.36. The molecular formula is C20H14ClF3N2O2S. The van der Waals surface area contributed by atoms with Gasteiger partial charge in [0, 0.05) is 5.56 Å². The molecule has 1 fully saturated rings. The molecule has 0 saturated carbocycles. The van der Waals surface area contributed by atoms with E-state index >= 15 is 0 Å². The van der Waals surface area contributed by atoms with Crippen molar-refractivity contribution >= 4 is 46.2 Å². The van der Waals surface area contributed by atoms with Crippen LogP contribution in [0.2, 0.25) is 5.02 Å². The lowest BCUT2D eigenvalue weighted by Crippen LogP contribution is -2.19. The normalized spacial score (nSPS) is 16.9. The average Bonchev–Trinajstić information content (AvgIpc) is 3.00. The molecule has 1 N–H and O–H groups in total. The first-order chi connectivity index (χ1) is 13.8. The molecule has 0 atom stereocenters. The summed E-state index contributed by atoms with van der Waals surface area (Å²) < 4.78 is 44.6. The Morgan fingerprint density at radius 1 is 1.24 bits per heavy atom. The minimum atomic E-state index is -4.60. The lowest BCUT2D eigenvalue weighted by atomic mass is 10.2. The van der Waals surface area contributed by atoms with Crippen molar-refractivity contribution < 1.29 is 22.7 Å². The number of amidine groups is 1. The molecule has 29 heavy (non-hydrogen) atoms. The second kappa shape index (κ2) is 8.75. The van der Waals surface area contributed by atoms with E-state index in [4.69, 9.17) is 16.3 Å². The molecule has 2 aromatic carbocycles. The summed E-state index contributed by atoms with van der Waals surface area (Å²) >= 11 is 6.63. The monoisotopic (exact) mass is 438 g/mol. The number of alkyl halides is 3. The second-order valence-electron chi connectivity index (χ2n) is 5.78. The summed E-state index contributed by atoms with van der Waals surface area (Å²) in [4.78, 5) is 16.7. The molecule has 0 radical (unpaired) electrons. The van der Waals surface area contributed by atoms with Gasteiger partial charge in [-0.15, -0.1) is 0 Å². The summed E-state index contributed by atoms with van der Waals surface area (Å²) in [5.41, 5.74) is -0.279. The van der Waals surface area contributed by atoms with Gasteiger partial charge in [-0.25, -0.2) is 4.99 Å². The van der Waals surface area contributed by atoms with Gasteiger partial charge in [-0.2, -0.15) is 13.2 Å². The fourth-order valence-electron chi connectivity index (χ4n) is 2.42. The first kappa shape index (κ1) is 21.0. The fourth-order valence-corrected chi connectivity index (χ4v) is 3.48. The number of rotatable bonds is 5. The first-order valence-electron chi connectivity index (χ1n) is 8.27. The predicted octanol–water partition coefficient (Wildman–Crippen LogP) is 5.82. The Balaban J connectivity index is 1.86. The molecular weight excluding hydrogens is 425 g/mol. The van der Waals surface area contributed by atoms with Gasteiger partial charge < -0.3 is 10.1 Å². The highest BCUT2D eigenvalue weighted by Gasteiger charge is 2.33. The number of benzene rings is 2. The van der Waals surface area contributed by atoms with Gasteiger partial charge in [-0.05, 0) is 42.1 Å². The minimum absolute atomic E-state index is 0.0282. The Bertz CT molecular complexity index is 1020. The predicted molar refractivity (Wildman–Crippen MR) is 109 cm³/mol. The largest absolute Gasteiger partial charge is 0.489 e. The minimum Gasteiger partial charge on any atom is -0.489 e. The average molecular weight is 439 g/mol. The number of halogens is 4. The maximum absolute atomic E-state index is 13.0. The number of aliphatic imine (C=N–C) groups is 1. The Kier molecular flexibility index (Phi) is 6.34. The SMILES string of the molecule is C=CCOc1ccccc1C=C1SC(=Nc2ccc(Cl)c(C(F)(F)F)c2)NC1=O. The van der Waals surface area contributed by atoms with E-state index in [1.807, 2.05) is 0 Å². The van der Waals surface area contributed by atoms with Gasteiger partial charge in [0.05, 0.1) is 21.2 Å². The van der Waals surface area contributed by atoms with Gasteiger partial charge >= 0.3 is 6.18 Å². The Hall–Kier alpha value is -2.71. The zero-order chi connectivity index (χ0) is 21.0. The van der Waals surface area contributed by atoms with Crippen LogP contribution in [0.3, 0.4) is 0 Å². The summed E-state index contributed by atoms with van der Waals surface area (Å²) in [5, 5.41) is 2.29. The lowest BCUT2D eigenvalue weighted by Gasteiger charge is -2.09. The summed E-state index contributed by atoms with van der Waals surface area (Å²) in [6.45, 7) is 3.90. The third-order valence-corrected chi connectivity index (χ3v) is 4.94. The third-order valence-electron chi connectivity index (χ3n) is 3.70. The topological polar surface area (TPSA) is 50.7 Å². The molecule has 9 heteroatoms. The number of ether oxygens (including phenoxy) is 1. The Morgan fingerprint density at radius 3 is 2.72 bits per heavy atom. The number of nitrogens with zero attached hydrogens (tertiary/aromatic N) is 1. The lowest BCUT2D eigenvalue weighted by molar-refractivity contribution is -0.137. The van der Waals surface area contributed by atoms with Crippen molar-refractivity contribution in [1.29, 1.82) is 0 Å². The van der Waals surface area contributed by atoms with Crippen molar-refractivity contribution in [2.24, 2.45) is 4.99 Å². The molecule has 4 nitrogen and oxygen atoms in total. The number of hydrogen-bond acceptors (Lipinski definition) is 4. The zero-order valence-electron chi connectivity index (χ0n) is 14.8. The van der Waals surface area contributed by atoms with Gasteiger partial charge in [-0.3, -0.25) is 4.79 Å². The van der Waals surface area contributed by atoms with Gasteiger partial charge in [0.15, 0.2) is 5.17 Å². The van der Waals surface area contributed by atoms with Crippen LogP contribution in [-0.2, 0) is 11.0 Å². The molecule has 1 aliphatic rings. The molecule has 3 rings (SSSR count). The van der Waals surface area contributed by atoms with Crippen LogP contribution < -0.4 is 10.1 Å². The Morgan fingerprint density at radius 2 is 2.00 bits per heavy atom. The molecule has 1 saturated heterocycles. The zero-order valence-corrected chi connectivity index (χ0v) is 16.4. The van der Waals surface area contributed by atoms with E-state index in [2.05, 4.69) is 16.9 Å². The molecule has 1 aliphatic heterocycles. The van der Waals surface area contributed by atoms with Crippen LogP contribution in [0.4, 0.5) is 18.9 Å². The molecule has 0 bridgehead atoms. The summed E-state index contributed by atoms with van der Waals surface area (Å²) in [6, 6.07) is 10.4. The van der Waals surface area contributed by atoms with Crippen molar-refractivity contribution in [2.75, 3.05) is 6.61 Å². The summed E-state index contributed by atoms with van der Waals surface area (Å²) in [7, 11) is 0. The number of para-hydroxylation sites is 1. The Labute approximate surface area is 174 Å². The maximum atomic E-state index is 13.0. The number of thioether (sulfide) groups is 1. The van der Waals surface area contributed by atoms with E-state index in [9.17, 15) is 18.0 Å². The van der Waals surface area contributed by atoms with Crippen LogP contribution in [-0.4, -0.2) is 17.7 Å². The van der Waals surface area contributed by atoms with Crippen LogP contribution >= 0.6 is 23.4 Å². The number of carbonyl (C=O) groups is 1. The fraction of sp³-hybridized carbons (Fsp3) is 0.100. The molecule has 0 spiro atoms. The van der Waals surface area contributed by atoms with E-state index in [1.165, 1.54) is 6.07 Å². The van der Waals surface area contributed by atoms with E-state index in [1.54, 1.807) is 36.4 Å². The van der Waals surface area contributed by atoms with Crippen molar-refractivity contribution in [2.45, 2.75) is 6.18 Å². The third kappa shape index (κ3) is 5.21. The van der Waals surface area contributed by atoms with E-state index in [-0.39, 0.29) is 10.9 Å².